The van der Waals surface area contributed by atoms with Gasteiger partial charge in [-0.1, -0.05) is 44.2 Å². The molecule has 0 unspecified atom stereocenters. The largest absolute Gasteiger partial charge is 0.459 e. The van der Waals surface area contributed by atoms with E-state index < -0.39 is 12.0 Å². The molecule has 98 valence electrons. The highest BCUT2D eigenvalue weighted by atomic mass is 16.5. The van der Waals surface area contributed by atoms with Crippen molar-refractivity contribution in [3.8, 4) is 0 Å². The summed E-state index contributed by atoms with van der Waals surface area (Å²) in [6.07, 6.45) is 0. The van der Waals surface area contributed by atoms with Crippen molar-refractivity contribution in [2.75, 3.05) is 0 Å². The Labute approximate surface area is 107 Å². The molecule has 18 heavy (non-hydrogen) atoms. The van der Waals surface area contributed by atoms with Crippen LogP contribution in [0, 0.1) is 5.92 Å². The minimum Gasteiger partial charge on any atom is -0.459 e. The molecule has 0 bridgehead atoms. The predicted octanol–water partition coefficient (Wildman–Crippen LogP) is 1.89. The highest BCUT2D eigenvalue weighted by Crippen LogP contribution is 2.07. The molecule has 0 spiro atoms. The van der Waals surface area contributed by atoms with Gasteiger partial charge in [0.15, 0.2) is 0 Å². The second-order valence-electron chi connectivity index (χ2n) is 4.52. The lowest BCUT2D eigenvalue weighted by Crippen LogP contribution is -2.44. The lowest BCUT2D eigenvalue weighted by atomic mass is 10.0. The van der Waals surface area contributed by atoms with Crippen molar-refractivity contribution >= 4 is 11.9 Å². The van der Waals surface area contributed by atoms with Gasteiger partial charge in [0.05, 0.1) is 0 Å². The number of carbonyl (C=O) groups excluding carboxylic acids is 2. The fraction of sp³-hybridized carbons (Fsp3) is 0.429. The van der Waals surface area contributed by atoms with Gasteiger partial charge in [0.1, 0.15) is 12.6 Å². The number of nitrogens with one attached hydrogen (secondary N) is 1. The summed E-state index contributed by atoms with van der Waals surface area (Å²) in [6.45, 7) is 5.34. The van der Waals surface area contributed by atoms with E-state index in [1.54, 1.807) is 0 Å². The Morgan fingerprint density at radius 3 is 2.33 bits per heavy atom. The molecule has 1 N–H and O–H groups in total. The normalized spacial score (nSPS) is 12.0. The third kappa shape index (κ3) is 4.57. The summed E-state index contributed by atoms with van der Waals surface area (Å²) in [5.41, 5.74) is 0.927. The van der Waals surface area contributed by atoms with Gasteiger partial charge in [-0.15, -0.1) is 0 Å². The maximum absolute atomic E-state index is 11.9. The summed E-state index contributed by atoms with van der Waals surface area (Å²) in [4.78, 5) is 22.9. The molecule has 1 aromatic carbocycles. The molecule has 1 atom stereocenters. The van der Waals surface area contributed by atoms with Gasteiger partial charge >= 0.3 is 5.97 Å². The number of rotatable bonds is 5. The molecule has 0 aliphatic carbocycles. The smallest absolute Gasteiger partial charge is 0.329 e. The van der Waals surface area contributed by atoms with Gasteiger partial charge in [-0.2, -0.15) is 0 Å². The number of esters is 1. The van der Waals surface area contributed by atoms with Crippen LogP contribution in [0.1, 0.15) is 26.3 Å². The van der Waals surface area contributed by atoms with Crippen molar-refractivity contribution in [3.63, 3.8) is 0 Å². The van der Waals surface area contributed by atoms with Gasteiger partial charge < -0.3 is 10.1 Å². The molecule has 0 radical (unpaired) electrons. The van der Waals surface area contributed by atoms with Crippen LogP contribution < -0.4 is 5.32 Å². The van der Waals surface area contributed by atoms with Crippen molar-refractivity contribution in [1.29, 1.82) is 0 Å². The van der Waals surface area contributed by atoms with Gasteiger partial charge in [0, 0.05) is 6.92 Å². The Balaban J connectivity index is 2.54. The SMILES string of the molecule is CC(=O)N[C@H](C(=O)OCc1ccccc1)C(C)C. The van der Waals surface area contributed by atoms with Crippen molar-refractivity contribution in [2.24, 2.45) is 5.92 Å². The Morgan fingerprint density at radius 1 is 1.22 bits per heavy atom. The number of carbonyl (C=O) groups is 2. The van der Waals surface area contributed by atoms with Crippen LogP contribution in [0.4, 0.5) is 0 Å². The zero-order valence-electron chi connectivity index (χ0n) is 11.0. The highest BCUT2D eigenvalue weighted by Gasteiger charge is 2.24. The van der Waals surface area contributed by atoms with Crippen molar-refractivity contribution in [3.05, 3.63) is 35.9 Å². The fourth-order valence-corrected chi connectivity index (χ4v) is 1.54. The van der Waals surface area contributed by atoms with E-state index in [1.165, 1.54) is 6.92 Å². The Bertz CT molecular complexity index is 401. The molecule has 4 nitrogen and oxygen atoms in total. The van der Waals surface area contributed by atoms with Crippen molar-refractivity contribution in [2.45, 2.75) is 33.4 Å². The molecule has 0 fully saturated rings. The van der Waals surface area contributed by atoms with E-state index in [2.05, 4.69) is 5.32 Å². The van der Waals surface area contributed by atoms with E-state index in [1.807, 2.05) is 44.2 Å². The molecule has 0 aromatic heterocycles. The zero-order valence-corrected chi connectivity index (χ0v) is 11.0. The quantitative estimate of drug-likeness (QED) is 0.811. The molecule has 0 saturated carbocycles. The van der Waals surface area contributed by atoms with Crippen molar-refractivity contribution in [1.82, 2.24) is 5.32 Å². The highest BCUT2D eigenvalue weighted by molar-refractivity contribution is 5.83. The summed E-state index contributed by atoms with van der Waals surface area (Å²) in [6, 6.07) is 8.85. The molecule has 1 aromatic rings. The van der Waals surface area contributed by atoms with Crippen LogP contribution in [0.2, 0.25) is 0 Å². The molecule has 4 heteroatoms. The Morgan fingerprint density at radius 2 is 1.83 bits per heavy atom. The minimum absolute atomic E-state index is 0.00262. The number of benzene rings is 1. The van der Waals surface area contributed by atoms with Gasteiger partial charge in [0.2, 0.25) is 5.91 Å². The first-order valence-electron chi connectivity index (χ1n) is 5.98. The molecule has 0 aliphatic rings. The van der Waals surface area contributed by atoms with Crippen LogP contribution in [-0.2, 0) is 20.9 Å². The summed E-state index contributed by atoms with van der Waals surface area (Å²) in [5.74, 6) is -0.633. The first-order valence-corrected chi connectivity index (χ1v) is 5.98. The summed E-state index contributed by atoms with van der Waals surface area (Å²) in [5, 5.41) is 2.60. The number of hydrogen-bond acceptors (Lipinski definition) is 3. The third-order valence-corrected chi connectivity index (χ3v) is 2.50. The number of ether oxygens (including phenoxy) is 1. The van der Waals surface area contributed by atoms with Crippen LogP contribution in [-0.4, -0.2) is 17.9 Å². The Kier molecular flexibility index (Phi) is 5.36. The standard InChI is InChI=1S/C14H19NO3/c1-10(2)13(15-11(3)16)14(17)18-9-12-7-5-4-6-8-12/h4-8,10,13H,9H2,1-3H3,(H,15,16)/t13-/m0/s1. The van der Waals surface area contributed by atoms with Crippen molar-refractivity contribution < 1.29 is 14.3 Å². The first-order chi connectivity index (χ1) is 8.50. The molecule has 0 saturated heterocycles. The second kappa shape index (κ2) is 6.79. The lowest BCUT2D eigenvalue weighted by Gasteiger charge is -2.19. The topological polar surface area (TPSA) is 55.4 Å². The van der Waals surface area contributed by atoms with E-state index >= 15 is 0 Å². The average Bonchev–Trinajstić information content (AvgIpc) is 2.34. The molecular formula is C14H19NO3. The summed E-state index contributed by atoms with van der Waals surface area (Å²) < 4.78 is 5.20. The molecule has 0 aliphatic heterocycles. The van der Waals surface area contributed by atoms with Crippen LogP contribution in [0.3, 0.4) is 0 Å². The Hall–Kier alpha value is -1.84. The molecule has 1 rings (SSSR count). The van der Waals surface area contributed by atoms with Crippen LogP contribution >= 0.6 is 0 Å². The second-order valence-corrected chi connectivity index (χ2v) is 4.52. The van der Waals surface area contributed by atoms with E-state index in [0.717, 1.165) is 5.56 Å². The zero-order chi connectivity index (χ0) is 13.5. The number of amides is 1. The van der Waals surface area contributed by atoms with Gasteiger partial charge in [-0.05, 0) is 11.5 Å². The van der Waals surface area contributed by atoms with E-state index in [4.69, 9.17) is 4.74 Å². The predicted molar refractivity (Wildman–Crippen MR) is 68.7 cm³/mol. The minimum atomic E-state index is -0.591. The summed E-state index contributed by atoms with van der Waals surface area (Å²) in [7, 11) is 0. The van der Waals surface area contributed by atoms with E-state index in [-0.39, 0.29) is 18.4 Å². The lowest BCUT2D eigenvalue weighted by molar-refractivity contribution is -0.150. The van der Waals surface area contributed by atoms with E-state index in [0.29, 0.717) is 0 Å². The fourth-order valence-electron chi connectivity index (χ4n) is 1.54. The summed E-state index contributed by atoms with van der Waals surface area (Å²) >= 11 is 0. The van der Waals surface area contributed by atoms with Gasteiger partial charge in [-0.25, -0.2) is 4.79 Å². The van der Waals surface area contributed by atoms with Gasteiger partial charge in [-0.3, -0.25) is 4.79 Å². The van der Waals surface area contributed by atoms with Crippen LogP contribution in [0.15, 0.2) is 30.3 Å². The molecule has 0 heterocycles. The van der Waals surface area contributed by atoms with E-state index in [9.17, 15) is 9.59 Å². The van der Waals surface area contributed by atoms with Crippen LogP contribution in [0.25, 0.3) is 0 Å². The maximum atomic E-state index is 11.9. The average molecular weight is 249 g/mol. The molecule has 1 amide bonds. The molecular weight excluding hydrogens is 230 g/mol. The van der Waals surface area contributed by atoms with Crippen LogP contribution in [0.5, 0.6) is 0 Å². The third-order valence-electron chi connectivity index (χ3n) is 2.50. The van der Waals surface area contributed by atoms with Gasteiger partial charge in [0.25, 0.3) is 0 Å². The monoisotopic (exact) mass is 249 g/mol. The maximum Gasteiger partial charge on any atom is 0.329 e. The number of hydrogen-bond donors (Lipinski definition) is 1. The first kappa shape index (κ1) is 14.2.